The van der Waals surface area contributed by atoms with Crippen molar-refractivity contribution in [3.05, 3.63) is 65.7 Å². The number of methoxy groups -OCH3 is 1. The number of fused-ring (bicyclic) bond motifs is 1. The minimum Gasteiger partial charge on any atom is -0.497 e. The van der Waals surface area contributed by atoms with Gasteiger partial charge in [-0.05, 0) is 29.8 Å². The summed E-state index contributed by atoms with van der Waals surface area (Å²) in [5, 5.41) is 8.03. The third kappa shape index (κ3) is 3.20. The van der Waals surface area contributed by atoms with E-state index >= 15 is 0 Å². The molecule has 0 saturated carbocycles. The van der Waals surface area contributed by atoms with Crippen molar-refractivity contribution in [1.82, 2.24) is 10.3 Å². The molecule has 8 heteroatoms. The molecular formula is C20H18N4O4. The van der Waals surface area contributed by atoms with E-state index in [1.54, 1.807) is 31.4 Å². The molecule has 0 aliphatic carbocycles. The first-order valence-electron chi connectivity index (χ1n) is 8.71. The molecule has 2 heterocycles. The van der Waals surface area contributed by atoms with Crippen LogP contribution >= 0.6 is 0 Å². The van der Waals surface area contributed by atoms with E-state index in [0.717, 1.165) is 16.1 Å². The number of nitrogens with zero attached hydrogens (tertiary/aromatic N) is 3. The summed E-state index contributed by atoms with van der Waals surface area (Å²) in [5.74, 6) is 0.225. The number of carbonyl (C=O) groups excluding carboxylic acids is 2. The first-order chi connectivity index (χ1) is 13.6. The molecule has 4 rings (SSSR count). The number of rotatable bonds is 4. The lowest BCUT2D eigenvalue weighted by Gasteiger charge is -2.30. The van der Waals surface area contributed by atoms with Crippen molar-refractivity contribution in [3.8, 4) is 5.75 Å². The summed E-state index contributed by atoms with van der Waals surface area (Å²) >= 11 is 0. The van der Waals surface area contributed by atoms with Crippen molar-refractivity contribution >= 4 is 23.7 Å². The molecule has 2 aromatic carbocycles. The summed E-state index contributed by atoms with van der Waals surface area (Å²) in [5.41, 5.74) is 1.47. The molecule has 2 aromatic rings. The topological polar surface area (TPSA) is 92.6 Å². The van der Waals surface area contributed by atoms with Gasteiger partial charge in [0.2, 0.25) is 11.8 Å². The van der Waals surface area contributed by atoms with Crippen molar-refractivity contribution in [1.29, 1.82) is 0 Å². The van der Waals surface area contributed by atoms with Crippen LogP contribution in [0.15, 0.2) is 64.7 Å². The normalized spacial score (nSPS) is 20.6. The fourth-order valence-corrected chi connectivity index (χ4v) is 3.09. The molecule has 0 saturated heterocycles. The lowest BCUT2D eigenvalue weighted by molar-refractivity contribution is -0.134. The van der Waals surface area contributed by atoms with Crippen LogP contribution < -0.4 is 10.1 Å². The molecule has 2 atom stereocenters. The number of aliphatic imine (C=N–C) groups is 1. The lowest BCUT2D eigenvalue weighted by Crippen LogP contribution is -2.53. The first kappa shape index (κ1) is 17.7. The Labute approximate surface area is 161 Å². The predicted molar refractivity (Wildman–Crippen MR) is 102 cm³/mol. The summed E-state index contributed by atoms with van der Waals surface area (Å²) in [6.45, 7) is 1.36. The van der Waals surface area contributed by atoms with Gasteiger partial charge < -0.3 is 14.8 Å². The molecule has 28 heavy (non-hydrogen) atoms. The molecule has 142 valence electrons. The highest BCUT2D eigenvalue weighted by Crippen LogP contribution is 2.31. The summed E-state index contributed by atoms with van der Waals surface area (Å²) in [6, 6.07) is 15.0. The quantitative estimate of drug-likeness (QED) is 0.879. The van der Waals surface area contributed by atoms with Crippen LogP contribution in [0.2, 0.25) is 0 Å². The van der Waals surface area contributed by atoms with E-state index in [9.17, 15) is 9.59 Å². The van der Waals surface area contributed by atoms with E-state index in [2.05, 4.69) is 15.4 Å². The molecule has 8 nitrogen and oxygen atoms in total. The Kier molecular flexibility index (Phi) is 4.52. The van der Waals surface area contributed by atoms with Crippen molar-refractivity contribution in [2.24, 2.45) is 10.1 Å². The monoisotopic (exact) mass is 378 g/mol. The smallest absolute Gasteiger partial charge is 0.323 e. The van der Waals surface area contributed by atoms with Gasteiger partial charge in [0.15, 0.2) is 0 Å². The number of benzene rings is 2. The highest BCUT2D eigenvalue weighted by atomic mass is 16.5. The van der Waals surface area contributed by atoms with E-state index in [0.29, 0.717) is 5.75 Å². The minimum absolute atomic E-state index is 0.0891. The van der Waals surface area contributed by atoms with Crippen LogP contribution in [0, 0.1) is 0 Å². The number of ether oxygens (including phenoxy) is 2. The van der Waals surface area contributed by atoms with Crippen LogP contribution in [0.5, 0.6) is 5.75 Å². The molecule has 2 aliphatic rings. The molecule has 2 aliphatic heterocycles. The summed E-state index contributed by atoms with van der Waals surface area (Å²) in [6.07, 6.45) is 0. The largest absolute Gasteiger partial charge is 0.497 e. The molecule has 0 spiro atoms. The maximum atomic E-state index is 13.0. The number of hydrogen-bond acceptors (Lipinski definition) is 6. The van der Waals surface area contributed by atoms with Gasteiger partial charge in [0.25, 0.3) is 5.91 Å². The maximum Gasteiger partial charge on any atom is 0.323 e. The Hall–Kier alpha value is -3.68. The Morgan fingerprint density at radius 2 is 1.86 bits per heavy atom. The molecule has 0 bridgehead atoms. The van der Waals surface area contributed by atoms with Crippen molar-refractivity contribution < 1.29 is 19.1 Å². The zero-order valence-electron chi connectivity index (χ0n) is 15.3. The molecule has 2 amide bonds. The molecule has 0 fully saturated rings. The van der Waals surface area contributed by atoms with Crippen molar-refractivity contribution in [2.75, 3.05) is 7.11 Å². The zero-order chi connectivity index (χ0) is 19.7. The summed E-state index contributed by atoms with van der Waals surface area (Å²) in [7, 11) is 1.58. The van der Waals surface area contributed by atoms with Crippen LogP contribution in [-0.2, 0) is 14.3 Å². The third-order valence-electron chi connectivity index (χ3n) is 4.44. The molecule has 0 radical (unpaired) electrons. The van der Waals surface area contributed by atoms with Gasteiger partial charge >= 0.3 is 6.02 Å². The predicted octanol–water partition coefficient (Wildman–Crippen LogP) is 1.83. The number of hydrogen-bond donors (Lipinski definition) is 1. The van der Waals surface area contributed by atoms with E-state index < -0.39 is 18.0 Å². The Morgan fingerprint density at radius 3 is 2.50 bits per heavy atom. The van der Waals surface area contributed by atoms with Gasteiger partial charge in [-0.15, -0.1) is 10.1 Å². The number of carbonyl (C=O) groups is 2. The lowest BCUT2D eigenvalue weighted by atomic mass is 9.97. The van der Waals surface area contributed by atoms with Gasteiger partial charge in [0, 0.05) is 12.5 Å². The second-order valence-corrected chi connectivity index (χ2v) is 6.33. The van der Waals surface area contributed by atoms with Gasteiger partial charge in [-0.3, -0.25) is 9.59 Å². The first-order valence-corrected chi connectivity index (χ1v) is 8.71. The Bertz CT molecular complexity index is 969. The van der Waals surface area contributed by atoms with Crippen LogP contribution in [-0.4, -0.2) is 41.9 Å². The van der Waals surface area contributed by atoms with Gasteiger partial charge in [-0.1, -0.05) is 30.3 Å². The van der Waals surface area contributed by atoms with Crippen LogP contribution in [0.25, 0.3) is 0 Å². The SMILES string of the molecule is COc1ccc([C@H]2N=C3OC(c4ccccc4)=NN3C(=O)[C@H]2NC(C)=O)cc1. The average molecular weight is 378 g/mol. The third-order valence-corrected chi connectivity index (χ3v) is 4.44. The van der Waals surface area contributed by atoms with Crippen LogP contribution in [0.1, 0.15) is 24.1 Å². The number of amidine groups is 1. The van der Waals surface area contributed by atoms with Crippen molar-refractivity contribution in [2.45, 2.75) is 19.0 Å². The van der Waals surface area contributed by atoms with E-state index in [1.807, 2.05) is 30.3 Å². The zero-order valence-corrected chi connectivity index (χ0v) is 15.3. The minimum atomic E-state index is -0.892. The van der Waals surface area contributed by atoms with Crippen molar-refractivity contribution in [3.63, 3.8) is 0 Å². The molecule has 1 N–H and O–H groups in total. The summed E-state index contributed by atoms with van der Waals surface area (Å²) < 4.78 is 10.9. The second-order valence-electron chi connectivity index (χ2n) is 6.33. The van der Waals surface area contributed by atoms with Gasteiger partial charge in [0.1, 0.15) is 17.8 Å². The number of hydrazone groups is 1. The number of amides is 2. The van der Waals surface area contributed by atoms with Gasteiger partial charge in [-0.25, -0.2) is 4.99 Å². The molecular weight excluding hydrogens is 360 g/mol. The van der Waals surface area contributed by atoms with Gasteiger partial charge in [-0.2, -0.15) is 0 Å². The summed E-state index contributed by atoms with van der Waals surface area (Å²) in [4.78, 5) is 29.3. The number of nitrogens with one attached hydrogen (secondary N) is 1. The Morgan fingerprint density at radius 1 is 1.14 bits per heavy atom. The highest BCUT2D eigenvalue weighted by molar-refractivity contribution is 6.12. The fourth-order valence-electron chi connectivity index (χ4n) is 3.09. The fraction of sp³-hybridized carbons (Fsp3) is 0.200. The van der Waals surface area contributed by atoms with E-state index in [1.165, 1.54) is 6.92 Å². The standard InChI is InChI=1S/C20H18N4O4/c1-12(25)21-17-16(13-8-10-15(27-2)11-9-13)22-20-24(19(17)26)23-18(28-20)14-6-4-3-5-7-14/h3-11,16-17H,1-2H3,(H,21,25)/t16-,17+/m1/s1. The van der Waals surface area contributed by atoms with Crippen LogP contribution in [0.3, 0.4) is 0 Å². The van der Waals surface area contributed by atoms with Crippen LogP contribution in [0.4, 0.5) is 0 Å². The average Bonchev–Trinajstić information content (AvgIpc) is 3.15. The van der Waals surface area contributed by atoms with Gasteiger partial charge in [0.05, 0.1) is 7.11 Å². The maximum absolute atomic E-state index is 13.0. The highest BCUT2D eigenvalue weighted by Gasteiger charge is 2.44. The Balaban J connectivity index is 1.71. The van der Waals surface area contributed by atoms with E-state index in [4.69, 9.17) is 9.47 Å². The molecule has 0 unspecified atom stereocenters. The molecule has 0 aromatic heterocycles. The second kappa shape index (κ2) is 7.15. The van der Waals surface area contributed by atoms with E-state index in [-0.39, 0.29) is 17.8 Å².